The van der Waals surface area contributed by atoms with Crippen LogP contribution in [0, 0.1) is 11.7 Å². The first kappa shape index (κ1) is 16.2. The monoisotopic (exact) mass is 343 g/mol. The summed E-state index contributed by atoms with van der Waals surface area (Å²) >= 11 is 0. The van der Waals surface area contributed by atoms with Crippen molar-refractivity contribution in [2.45, 2.75) is 25.3 Å². The topological polar surface area (TPSA) is 63.2 Å². The molecule has 2 unspecified atom stereocenters. The Bertz CT molecular complexity index is 708. The normalized spacial score (nSPS) is 23.2. The summed E-state index contributed by atoms with van der Waals surface area (Å²) < 4.78 is 19.7. The second-order valence-corrected chi connectivity index (χ2v) is 6.67. The summed E-state index contributed by atoms with van der Waals surface area (Å²) in [4.78, 5) is 14.6. The second-order valence-electron chi connectivity index (χ2n) is 6.67. The Hall–Kier alpha value is -2.28. The van der Waals surface area contributed by atoms with Crippen molar-refractivity contribution in [3.63, 3.8) is 0 Å². The van der Waals surface area contributed by atoms with Gasteiger partial charge in [0.1, 0.15) is 0 Å². The van der Waals surface area contributed by atoms with Crippen LogP contribution in [0.5, 0.6) is 0 Å². The highest BCUT2D eigenvalue weighted by molar-refractivity contribution is 5.45. The van der Waals surface area contributed by atoms with Crippen LogP contribution in [0.4, 0.5) is 16.2 Å². The molecule has 7 heteroatoms. The Kier molecular flexibility index (Phi) is 4.74. The van der Waals surface area contributed by atoms with Gasteiger partial charge in [0.15, 0.2) is 11.6 Å². The molecule has 2 aliphatic heterocycles. The highest BCUT2D eigenvalue weighted by atomic mass is 19.1. The van der Waals surface area contributed by atoms with E-state index in [1.807, 2.05) is 17.0 Å². The fraction of sp³-hybridized carbons (Fsp3) is 0.500. The fourth-order valence-electron chi connectivity index (χ4n) is 3.53. The smallest absolute Gasteiger partial charge is 0.225 e. The molecule has 2 fully saturated rings. The molecule has 0 saturated carbocycles. The Morgan fingerprint density at radius 1 is 1.20 bits per heavy atom. The van der Waals surface area contributed by atoms with Crippen molar-refractivity contribution < 1.29 is 9.13 Å². The van der Waals surface area contributed by atoms with E-state index in [1.165, 1.54) is 11.8 Å². The van der Waals surface area contributed by atoms with Crippen LogP contribution in [-0.2, 0) is 11.2 Å². The first-order valence-electron chi connectivity index (χ1n) is 8.80. The van der Waals surface area contributed by atoms with E-state index in [0.717, 1.165) is 32.4 Å². The van der Waals surface area contributed by atoms with Gasteiger partial charge in [0.2, 0.25) is 5.95 Å². The largest absolute Gasteiger partial charge is 0.379 e. The number of pyridine rings is 1. The minimum absolute atomic E-state index is 0.116. The summed E-state index contributed by atoms with van der Waals surface area (Å²) in [5, 5.41) is 3.35. The number of hydrogen-bond acceptors (Lipinski definition) is 6. The lowest BCUT2D eigenvalue weighted by atomic mass is 9.95. The third-order valence-electron chi connectivity index (χ3n) is 4.89. The molecule has 0 aliphatic carbocycles. The fourth-order valence-corrected chi connectivity index (χ4v) is 3.53. The van der Waals surface area contributed by atoms with Crippen LogP contribution >= 0.6 is 0 Å². The van der Waals surface area contributed by atoms with E-state index in [2.05, 4.69) is 20.3 Å². The molecular formula is C18H22FN5O. The van der Waals surface area contributed by atoms with Gasteiger partial charge in [0.25, 0.3) is 0 Å². The van der Waals surface area contributed by atoms with Gasteiger partial charge in [-0.2, -0.15) is 4.98 Å². The summed E-state index contributed by atoms with van der Waals surface area (Å²) in [5.74, 6) is 0.841. The van der Waals surface area contributed by atoms with Crippen molar-refractivity contribution in [3.05, 3.63) is 42.1 Å². The maximum absolute atomic E-state index is 14.1. The van der Waals surface area contributed by atoms with E-state index in [4.69, 9.17) is 4.74 Å². The van der Waals surface area contributed by atoms with Gasteiger partial charge in [-0.1, -0.05) is 0 Å². The minimum Gasteiger partial charge on any atom is -0.379 e. The molecule has 25 heavy (non-hydrogen) atoms. The van der Waals surface area contributed by atoms with Gasteiger partial charge in [-0.25, -0.2) is 9.37 Å². The molecule has 4 rings (SSSR count). The molecule has 0 amide bonds. The quantitative estimate of drug-likeness (QED) is 0.899. The zero-order valence-electron chi connectivity index (χ0n) is 14.1. The third kappa shape index (κ3) is 3.71. The second kappa shape index (κ2) is 7.31. The van der Waals surface area contributed by atoms with Crippen molar-refractivity contribution in [3.8, 4) is 0 Å². The number of aromatic nitrogens is 3. The molecule has 0 radical (unpaired) electrons. The Balaban J connectivity index is 1.46. The maximum Gasteiger partial charge on any atom is 0.225 e. The van der Waals surface area contributed by atoms with Crippen LogP contribution in [0.3, 0.4) is 0 Å². The zero-order valence-corrected chi connectivity index (χ0v) is 14.1. The molecule has 4 heterocycles. The molecule has 0 spiro atoms. The first-order valence-corrected chi connectivity index (χ1v) is 8.80. The van der Waals surface area contributed by atoms with Crippen LogP contribution in [0.1, 0.15) is 18.4 Å². The molecule has 1 N–H and O–H groups in total. The highest BCUT2D eigenvalue weighted by Gasteiger charge is 2.29. The molecule has 2 aliphatic rings. The first-order chi connectivity index (χ1) is 12.3. The van der Waals surface area contributed by atoms with Crippen LogP contribution in [0.15, 0.2) is 30.7 Å². The standard InChI is InChI=1S/C18H22FN5O/c19-15-10-21-18(23-17(15)24-7-1-2-8-24)22-16-12-25-11-14(16)9-13-3-5-20-6-4-13/h3-6,10,14,16H,1-2,7-9,11-12H2,(H,21,22,23). The number of nitrogens with one attached hydrogen (secondary N) is 1. The van der Waals surface area contributed by atoms with E-state index >= 15 is 0 Å². The van der Waals surface area contributed by atoms with Crippen LogP contribution in [-0.4, -0.2) is 47.3 Å². The van der Waals surface area contributed by atoms with Gasteiger partial charge in [0.05, 0.1) is 25.5 Å². The van der Waals surface area contributed by atoms with Crippen LogP contribution in [0.2, 0.25) is 0 Å². The predicted molar refractivity (Wildman–Crippen MR) is 93.1 cm³/mol. The average Bonchev–Trinajstić information content (AvgIpc) is 3.30. The van der Waals surface area contributed by atoms with Crippen LogP contribution < -0.4 is 10.2 Å². The Labute approximate surface area is 146 Å². The lowest BCUT2D eigenvalue weighted by molar-refractivity contribution is 0.185. The molecule has 2 saturated heterocycles. The highest BCUT2D eigenvalue weighted by Crippen LogP contribution is 2.25. The number of nitrogens with zero attached hydrogens (tertiary/aromatic N) is 4. The number of hydrogen-bond donors (Lipinski definition) is 1. The van der Waals surface area contributed by atoms with E-state index in [-0.39, 0.29) is 11.9 Å². The molecule has 2 aromatic heterocycles. The lowest BCUT2D eigenvalue weighted by Gasteiger charge is -2.21. The Morgan fingerprint density at radius 2 is 2.00 bits per heavy atom. The van der Waals surface area contributed by atoms with Crippen molar-refractivity contribution in [2.24, 2.45) is 5.92 Å². The molecule has 132 valence electrons. The number of rotatable bonds is 5. The Morgan fingerprint density at radius 3 is 2.80 bits per heavy atom. The van der Waals surface area contributed by atoms with E-state index in [1.54, 1.807) is 12.4 Å². The van der Waals surface area contributed by atoms with Crippen molar-refractivity contribution in [1.29, 1.82) is 0 Å². The summed E-state index contributed by atoms with van der Waals surface area (Å²) in [6.07, 6.45) is 7.93. The number of ether oxygens (including phenoxy) is 1. The lowest BCUT2D eigenvalue weighted by Crippen LogP contribution is -2.30. The van der Waals surface area contributed by atoms with E-state index in [9.17, 15) is 4.39 Å². The number of anilines is 2. The zero-order chi connectivity index (χ0) is 17.1. The maximum atomic E-state index is 14.1. The minimum atomic E-state index is -0.358. The average molecular weight is 343 g/mol. The number of halogens is 1. The van der Waals surface area contributed by atoms with Gasteiger partial charge in [-0.05, 0) is 37.0 Å². The summed E-state index contributed by atoms with van der Waals surface area (Å²) in [6, 6.07) is 4.16. The third-order valence-corrected chi connectivity index (χ3v) is 4.89. The molecule has 0 aromatic carbocycles. The van der Waals surface area contributed by atoms with E-state index in [0.29, 0.717) is 30.9 Å². The van der Waals surface area contributed by atoms with E-state index < -0.39 is 0 Å². The SMILES string of the molecule is Fc1cnc(NC2COCC2Cc2ccncc2)nc1N1CCCC1. The van der Waals surface area contributed by atoms with Gasteiger partial charge >= 0.3 is 0 Å². The predicted octanol–water partition coefficient (Wildman–Crippen LogP) is 2.28. The van der Waals surface area contributed by atoms with Gasteiger partial charge in [-0.15, -0.1) is 0 Å². The van der Waals surface area contributed by atoms with Crippen LogP contribution in [0.25, 0.3) is 0 Å². The summed E-state index contributed by atoms with van der Waals surface area (Å²) in [7, 11) is 0. The molecular weight excluding hydrogens is 321 g/mol. The van der Waals surface area contributed by atoms with Gasteiger partial charge in [-0.3, -0.25) is 4.98 Å². The van der Waals surface area contributed by atoms with Gasteiger partial charge in [0, 0.05) is 31.4 Å². The molecule has 6 nitrogen and oxygen atoms in total. The molecule has 2 aromatic rings. The van der Waals surface area contributed by atoms with Crippen molar-refractivity contribution in [1.82, 2.24) is 15.0 Å². The van der Waals surface area contributed by atoms with Gasteiger partial charge < -0.3 is 15.0 Å². The molecule has 2 atom stereocenters. The summed E-state index contributed by atoms with van der Waals surface area (Å²) in [5.41, 5.74) is 1.23. The molecule has 0 bridgehead atoms. The van der Waals surface area contributed by atoms with Crippen molar-refractivity contribution in [2.75, 3.05) is 36.5 Å². The summed E-state index contributed by atoms with van der Waals surface area (Å²) in [6.45, 7) is 3.00. The van der Waals surface area contributed by atoms with Crippen molar-refractivity contribution >= 4 is 11.8 Å².